The van der Waals surface area contributed by atoms with Gasteiger partial charge in [0.15, 0.2) is 5.75 Å². The Labute approximate surface area is 186 Å². The van der Waals surface area contributed by atoms with Gasteiger partial charge in [0.1, 0.15) is 27.1 Å². The molecular weight excluding hydrogens is 460 g/mol. The van der Waals surface area contributed by atoms with E-state index in [1.165, 1.54) is 6.07 Å². The summed E-state index contributed by atoms with van der Waals surface area (Å²) in [6.45, 7) is 0. The zero-order chi connectivity index (χ0) is 22.6. The van der Waals surface area contributed by atoms with Gasteiger partial charge in [-0.05, 0) is 42.5 Å². The predicted molar refractivity (Wildman–Crippen MR) is 117 cm³/mol. The average Bonchev–Trinajstić information content (AvgIpc) is 3.15. The smallest absolute Gasteiger partial charge is 0.265 e. The summed E-state index contributed by atoms with van der Waals surface area (Å²) in [6.07, 6.45) is 1.74. The lowest BCUT2D eigenvalue weighted by atomic mass is 9.95. The normalized spacial score (nSPS) is 15.2. The molecule has 5 rings (SSSR count). The third-order valence-electron chi connectivity index (χ3n) is 5.58. The lowest BCUT2D eigenvalue weighted by molar-refractivity contribution is 0.460. The number of aromatic hydroxyl groups is 1. The largest absolute Gasteiger partial charge is 0.505 e. The van der Waals surface area contributed by atoms with Crippen molar-refractivity contribution in [3.63, 3.8) is 0 Å². The van der Waals surface area contributed by atoms with Gasteiger partial charge in [-0.1, -0.05) is 35.9 Å². The molecule has 1 aromatic heterocycles. The van der Waals surface area contributed by atoms with Crippen LogP contribution in [0, 0.1) is 11.6 Å². The number of aromatic amines is 1. The van der Waals surface area contributed by atoms with E-state index in [0.29, 0.717) is 42.0 Å². The third kappa shape index (κ3) is 3.28. The molecule has 164 valence electrons. The van der Waals surface area contributed by atoms with Crippen LogP contribution in [0.15, 0.2) is 47.4 Å². The van der Waals surface area contributed by atoms with Gasteiger partial charge in [-0.3, -0.25) is 9.82 Å². The fourth-order valence-corrected chi connectivity index (χ4v) is 5.50. The first-order valence-corrected chi connectivity index (χ1v) is 11.6. The van der Waals surface area contributed by atoms with Gasteiger partial charge < -0.3 is 5.11 Å². The van der Waals surface area contributed by atoms with Gasteiger partial charge in [-0.25, -0.2) is 17.2 Å². The van der Waals surface area contributed by atoms with Gasteiger partial charge in [0, 0.05) is 22.7 Å². The fourth-order valence-electron chi connectivity index (χ4n) is 4.01. The van der Waals surface area contributed by atoms with E-state index in [2.05, 4.69) is 14.9 Å². The van der Waals surface area contributed by atoms with Crippen LogP contribution in [0.5, 0.6) is 5.75 Å². The van der Waals surface area contributed by atoms with Crippen molar-refractivity contribution in [3.8, 4) is 16.9 Å². The van der Waals surface area contributed by atoms with Gasteiger partial charge in [0.2, 0.25) is 0 Å². The number of rotatable bonds is 0. The van der Waals surface area contributed by atoms with Crippen molar-refractivity contribution in [3.05, 3.63) is 70.4 Å². The Morgan fingerprint density at radius 2 is 1.81 bits per heavy atom. The molecule has 0 radical (unpaired) electrons. The van der Waals surface area contributed by atoms with Gasteiger partial charge in [-0.15, -0.1) is 0 Å². The number of nitrogens with zero attached hydrogens (tertiary/aromatic N) is 1. The maximum atomic E-state index is 14.7. The zero-order valence-corrected chi connectivity index (χ0v) is 18.0. The maximum absolute atomic E-state index is 14.7. The number of phenols is 1. The SMILES string of the molecule is O=S1(=O)Nc2cc(c(F)cc2F)-c2ccccc2CCCc2[nH]nc3c(Cl)c(O)c1cc23. The predicted octanol–water partition coefficient (Wildman–Crippen LogP) is 5.16. The first-order valence-electron chi connectivity index (χ1n) is 9.75. The van der Waals surface area contributed by atoms with Crippen LogP contribution in [0.1, 0.15) is 17.7 Å². The topological polar surface area (TPSA) is 95.1 Å². The number of hydrogen-bond donors (Lipinski definition) is 3. The molecule has 0 saturated heterocycles. The van der Waals surface area contributed by atoms with E-state index in [9.17, 15) is 22.3 Å². The molecule has 0 spiro atoms. The van der Waals surface area contributed by atoms with E-state index in [4.69, 9.17) is 11.6 Å². The van der Waals surface area contributed by atoms with Gasteiger partial charge in [0.25, 0.3) is 10.0 Å². The summed E-state index contributed by atoms with van der Waals surface area (Å²) in [5.74, 6) is -2.60. The number of fused-ring (bicyclic) bond motifs is 5. The van der Waals surface area contributed by atoms with Crippen molar-refractivity contribution in [1.29, 1.82) is 0 Å². The van der Waals surface area contributed by atoms with Crippen molar-refractivity contribution >= 4 is 38.2 Å². The average molecular weight is 476 g/mol. The van der Waals surface area contributed by atoms with E-state index in [1.54, 1.807) is 12.1 Å². The number of phenolic OH excluding ortho intramolecular Hbond substituents is 1. The van der Waals surface area contributed by atoms with E-state index in [-0.39, 0.29) is 16.1 Å². The molecule has 2 heterocycles. The molecule has 0 saturated carbocycles. The minimum atomic E-state index is -4.48. The molecule has 10 heteroatoms. The molecule has 0 aliphatic carbocycles. The molecule has 3 N–H and O–H groups in total. The highest BCUT2D eigenvalue weighted by Crippen LogP contribution is 2.40. The van der Waals surface area contributed by atoms with Crippen LogP contribution < -0.4 is 4.72 Å². The highest BCUT2D eigenvalue weighted by atomic mass is 35.5. The number of aromatic nitrogens is 2. The molecule has 0 fully saturated rings. The Bertz CT molecular complexity index is 1500. The number of sulfonamides is 1. The zero-order valence-electron chi connectivity index (χ0n) is 16.4. The molecule has 0 unspecified atom stereocenters. The number of nitrogens with one attached hydrogen (secondary N) is 2. The Balaban J connectivity index is 1.79. The molecule has 6 nitrogen and oxygen atoms in total. The van der Waals surface area contributed by atoms with Crippen LogP contribution >= 0.6 is 11.6 Å². The minimum absolute atomic E-state index is 0.0664. The van der Waals surface area contributed by atoms with Crippen LogP contribution in [-0.4, -0.2) is 23.7 Å². The second kappa shape index (κ2) is 7.46. The summed E-state index contributed by atoms with van der Waals surface area (Å²) in [6, 6.07) is 10.1. The molecule has 4 bridgehead atoms. The summed E-state index contributed by atoms with van der Waals surface area (Å²) < 4.78 is 57.6. The Kier molecular flexibility index (Phi) is 4.83. The van der Waals surface area contributed by atoms with Gasteiger partial charge in [-0.2, -0.15) is 5.10 Å². The number of anilines is 1. The molecule has 4 aromatic rings. The second-order valence-electron chi connectivity index (χ2n) is 7.56. The van der Waals surface area contributed by atoms with E-state index in [1.807, 2.05) is 12.1 Å². The molecule has 0 amide bonds. The monoisotopic (exact) mass is 475 g/mol. The van der Waals surface area contributed by atoms with Crippen molar-refractivity contribution in [2.75, 3.05) is 4.72 Å². The number of aryl methyl sites for hydroxylation is 2. The lowest BCUT2D eigenvalue weighted by Crippen LogP contribution is -2.15. The first-order chi connectivity index (χ1) is 15.3. The number of H-pyrrole nitrogens is 1. The Morgan fingerprint density at radius 1 is 1.03 bits per heavy atom. The van der Waals surface area contributed by atoms with Crippen LogP contribution in [0.3, 0.4) is 0 Å². The summed E-state index contributed by atoms with van der Waals surface area (Å²) >= 11 is 6.19. The van der Waals surface area contributed by atoms with E-state index >= 15 is 0 Å². The van der Waals surface area contributed by atoms with Gasteiger partial charge >= 0.3 is 0 Å². The quantitative estimate of drug-likeness (QED) is 0.327. The number of benzene rings is 3. The summed E-state index contributed by atoms with van der Waals surface area (Å²) in [7, 11) is -4.48. The van der Waals surface area contributed by atoms with Crippen LogP contribution in [0.2, 0.25) is 5.02 Å². The number of hydrogen-bond acceptors (Lipinski definition) is 4. The molecule has 32 heavy (non-hydrogen) atoms. The van der Waals surface area contributed by atoms with Crippen LogP contribution in [0.4, 0.5) is 14.5 Å². The summed E-state index contributed by atoms with van der Waals surface area (Å²) in [5, 5.41) is 17.6. The van der Waals surface area contributed by atoms with Crippen molar-refractivity contribution < 1.29 is 22.3 Å². The maximum Gasteiger partial charge on any atom is 0.265 e. The van der Waals surface area contributed by atoms with E-state index in [0.717, 1.165) is 11.6 Å². The summed E-state index contributed by atoms with van der Waals surface area (Å²) in [5.41, 5.74) is 1.88. The standard InChI is InChI=1S/C22H16ClF2N3O3S/c23-20-21-14-9-19(22(20)29)32(30,31)28-18-8-13(15(24)10-16(18)25)12-6-2-1-4-11(12)5-3-7-17(14)26-27-21/h1-2,4,6,8-10,28-29H,3,5,7H2,(H,26,27). The highest BCUT2D eigenvalue weighted by molar-refractivity contribution is 7.92. The highest BCUT2D eigenvalue weighted by Gasteiger charge is 2.27. The molecule has 0 atom stereocenters. The first kappa shape index (κ1) is 20.7. The number of halogens is 3. The van der Waals surface area contributed by atoms with Gasteiger partial charge in [0.05, 0.1) is 5.69 Å². The Morgan fingerprint density at radius 3 is 2.62 bits per heavy atom. The van der Waals surface area contributed by atoms with Crippen LogP contribution in [-0.2, 0) is 22.9 Å². The van der Waals surface area contributed by atoms with Crippen molar-refractivity contribution in [2.24, 2.45) is 0 Å². The van der Waals surface area contributed by atoms with E-state index < -0.39 is 38.0 Å². The van der Waals surface area contributed by atoms with Crippen molar-refractivity contribution in [2.45, 2.75) is 24.2 Å². The minimum Gasteiger partial charge on any atom is -0.505 e. The van der Waals surface area contributed by atoms with Crippen LogP contribution in [0.25, 0.3) is 22.0 Å². The lowest BCUT2D eigenvalue weighted by Gasteiger charge is -2.16. The fraction of sp³-hybridized carbons (Fsp3) is 0.136. The molecule has 3 aromatic carbocycles. The summed E-state index contributed by atoms with van der Waals surface area (Å²) in [4.78, 5) is -0.527. The molecule has 1 aliphatic rings. The Hall–Kier alpha value is -3.17. The molecular formula is C22H16ClF2N3O3S. The molecule has 1 aliphatic heterocycles. The third-order valence-corrected chi connectivity index (χ3v) is 7.32. The van der Waals surface area contributed by atoms with Crippen molar-refractivity contribution in [1.82, 2.24) is 10.2 Å². The second-order valence-corrected chi connectivity index (χ2v) is 9.59.